The van der Waals surface area contributed by atoms with Gasteiger partial charge in [0.2, 0.25) is 0 Å². The molecule has 1 atom stereocenters. The molecule has 1 heterocycles. The summed E-state index contributed by atoms with van der Waals surface area (Å²) in [4.78, 5) is 17.9. The van der Waals surface area contributed by atoms with Crippen LogP contribution in [0.25, 0.3) is 0 Å². The van der Waals surface area contributed by atoms with E-state index in [9.17, 15) is 9.90 Å². The zero-order valence-electron chi connectivity index (χ0n) is 12.6. The van der Waals surface area contributed by atoms with Gasteiger partial charge in [0.1, 0.15) is 11.0 Å². The number of nitrogens with one attached hydrogen (secondary N) is 1. The standard InChI is InChI=1S/C14H22ClN3O3/c1-4-5-16-13-7-10(6-12(15)17-13)14(20)18(2)8-11(19)9-21-3/h6-7,11,19H,4-5,8-9H2,1-3H3,(H,16,17). The molecule has 0 saturated carbocycles. The summed E-state index contributed by atoms with van der Waals surface area (Å²) < 4.78 is 4.84. The average molecular weight is 316 g/mol. The van der Waals surface area contributed by atoms with E-state index in [1.54, 1.807) is 13.1 Å². The molecule has 21 heavy (non-hydrogen) atoms. The number of carbonyl (C=O) groups is 1. The summed E-state index contributed by atoms with van der Waals surface area (Å²) in [7, 11) is 3.12. The predicted molar refractivity (Wildman–Crippen MR) is 82.9 cm³/mol. The van der Waals surface area contributed by atoms with Crippen LogP contribution in [0.3, 0.4) is 0 Å². The van der Waals surface area contributed by atoms with Gasteiger partial charge in [-0.05, 0) is 18.6 Å². The van der Waals surface area contributed by atoms with Crippen molar-refractivity contribution in [2.24, 2.45) is 0 Å². The summed E-state index contributed by atoms with van der Waals surface area (Å²) in [5.41, 5.74) is 0.431. The Balaban J connectivity index is 2.78. The number of carbonyl (C=O) groups excluding carboxylic acids is 1. The van der Waals surface area contributed by atoms with Crippen molar-refractivity contribution in [1.82, 2.24) is 9.88 Å². The van der Waals surface area contributed by atoms with Crippen LogP contribution in [0.4, 0.5) is 5.82 Å². The van der Waals surface area contributed by atoms with Gasteiger partial charge in [0, 0.05) is 32.8 Å². The number of methoxy groups -OCH3 is 1. The molecule has 1 unspecified atom stereocenters. The van der Waals surface area contributed by atoms with E-state index in [2.05, 4.69) is 10.3 Å². The Bertz CT molecular complexity index is 471. The van der Waals surface area contributed by atoms with Gasteiger partial charge in [-0.2, -0.15) is 0 Å². The van der Waals surface area contributed by atoms with E-state index < -0.39 is 6.10 Å². The third kappa shape index (κ3) is 5.87. The second-order valence-corrected chi connectivity index (χ2v) is 5.17. The van der Waals surface area contributed by atoms with Gasteiger partial charge in [0.25, 0.3) is 5.91 Å². The number of anilines is 1. The van der Waals surface area contributed by atoms with Crippen LogP contribution in [-0.4, -0.2) is 60.9 Å². The highest BCUT2D eigenvalue weighted by molar-refractivity contribution is 6.29. The number of aliphatic hydroxyl groups is 1. The topological polar surface area (TPSA) is 74.7 Å². The van der Waals surface area contributed by atoms with Crippen LogP contribution in [0.5, 0.6) is 0 Å². The molecule has 0 radical (unpaired) electrons. The van der Waals surface area contributed by atoms with Crippen LogP contribution < -0.4 is 5.32 Å². The Hall–Kier alpha value is -1.37. The number of halogens is 1. The number of likely N-dealkylation sites (N-methyl/N-ethyl adjacent to an activating group) is 1. The molecule has 0 aromatic carbocycles. The Labute approximate surface area is 130 Å². The van der Waals surface area contributed by atoms with E-state index in [-0.39, 0.29) is 24.2 Å². The zero-order valence-corrected chi connectivity index (χ0v) is 13.4. The fourth-order valence-electron chi connectivity index (χ4n) is 1.83. The van der Waals surface area contributed by atoms with Gasteiger partial charge >= 0.3 is 0 Å². The molecular formula is C14H22ClN3O3. The molecule has 1 amide bonds. The fourth-order valence-corrected chi connectivity index (χ4v) is 2.04. The van der Waals surface area contributed by atoms with Crippen molar-refractivity contribution in [3.8, 4) is 0 Å². The molecule has 0 saturated heterocycles. The van der Waals surface area contributed by atoms with Crippen molar-refractivity contribution in [1.29, 1.82) is 0 Å². The van der Waals surface area contributed by atoms with E-state index in [4.69, 9.17) is 16.3 Å². The molecule has 0 aliphatic heterocycles. The molecule has 1 rings (SSSR count). The lowest BCUT2D eigenvalue weighted by Crippen LogP contribution is -2.36. The first-order chi connectivity index (χ1) is 9.97. The molecule has 7 heteroatoms. The summed E-state index contributed by atoms with van der Waals surface area (Å²) >= 11 is 5.94. The van der Waals surface area contributed by atoms with Gasteiger partial charge in [-0.25, -0.2) is 4.98 Å². The maximum atomic E-state index is 12.3. The number of rotatable bonds is 8. The number of hydrogen-bond acceptors (Lipinski definition) is 5. The predicted octanol–water partition coefficient (Wildman–Crippen LogP) is 1.64. The van der Waals surface area contributed by atoms with Gasteiger partial charge in [-0.15, -0.1) is 0 Å². The molecule has 6 nitrogen and oxygen atoms in total. The number of aliphatic hydroxyl groups excluding tert-OH is 1. The van der Waals surface area contributed by atoms with E-state index in [0.29, 0.717) is 11.4 Å². The van der Waals surface area contributed by atoms with E-state index in [1.807, 2.05) is 6.92 Å². The smallest absolute Gasteiger partial charge is 0.253 e. The highest BCUT2D eigenvalue weighted by Gasteiger charge is 2.17. The fraction of sp³-hybridized carbons (Fsp3) is 0.571. The van der Waals surface area contributed by atoms with Gasteiger partial charge in [0.15, 0.2) is 0 Å². The maximum Gasteiger partial charge on any atom is 0.253 e. The minimum atomic E-state index is -0.723. The molecule has 0 aliphatic rings. The first-order valence-electron chi connectivity index (χ1n) is 6.81. The SMILES string of the molecule is CCCNc1cc(C(=O)N(C)CC(O)COC)cc(Cl)n1. The summed E-state index contributed by atoms with van der Waals surface area (Å²) in [5.74, 6) is 0.340. The quantitative estimate of drug-likeness (QED) is 0.713. The van der Waals surface area contributed by atoms with Crippen LogP contribution >= 0.6 is 11.6 Å². The van der Waals surface area contributed by atoms with Crippen molar-refractivity contribution in [2.75, 3.05) is 39.2 Å². The zero-order chi connectivity index (χ0) is 15.8. The Morgan fingerprint density at radius 3 is 2.90 bits per heavy atom. The minimum absolute atomic E-state index is 0.179. The van der Waals surface area contributed by atoms with Crippen molar-refractivity contribution in [3.05, 3.63) is 22.8 Å². The Morgan fingerprint density at radius 2 is 2.29 bits per heavy atom. The third-order valence-corrected chi connectivity index (χ3v) is 2.98. The molecule has 2 N–H and O–H groups in total. The number of hydrogen-bond donors (Lipinski definition) is 2. The largest absolute Gasteiger partial charge is 0.389 e. The number of pyridine rings is 1. The number of nitrogens with zero attached hydrogens (tertiary/aromatic N) is 2. The van der Waals surface area contributed by atoms with Crippen molar-refractivity contribution >= 4 is 23.3 Å². The number of aromatic nitrogens is 1. The summed E-state index contributed by atoms with van der Waals surface area (Å²) in [5, 5.41) is 13.0. The Kier molecular flexibility index (Phi) is 7.42. The molecule has 118 valence electrons. The molecular weight excluding hydrogens is 294 g/mol. The maximum absolute atomic E-state index is 12.3. The van der Waals surface area contributed by atoms with Gasteiger partial charge < -0.3 is 20.1 Å². The van der Waals surface area contributed by atoms with Gasteiger partial charge in [-0.1, -0.05) is 18.5 Å². The lowest BCUT2D eigenvalue weighted by molar-refractivity contribution is 0.0380. The first-order valence-corrected chi connectivity index (χ1v) is 7.19. The highest BCUT2D eigenvalue weighted by atomic mass is 35.5. The van der Waals surface area contributed by atoms with E-state index >= 15 is 0 Å². The second kappa shape index (κ2) is 8.81. The third-order valence-electron chi connectivity index (χ3n) is 2.79. The summed E-state index contributed by atoms with van der Waals surface area (Å²) in [6.45, 7) is 3.15. The molecule has 1 aromatic rings. The second-order valence-electron chi connectivity index (χ2n) is 4.79. The Morgan fingerprint density at radius 1 is 1.57 bits per heavy atom. The minimum Gasteiger partial charge on any atom is -0.389 e. The first kappa shape index (κ1) is 17.7. The van der Waals surface area contributed by atoms with Crippen molar-refractivity contribution < 1.29 is 14.6 Å². The molecule has 0 bridgehead atoms. The lowest BCUT2D eigenvalue weighted by atomic mass is 10.2. The number of amides is 1. The van der Waals surface area contributed by atoms with E-state index in [1.165, 1.54) is 18.1 Å². The normalized spacial score (nSPS) is 12.0. The molecule has 0 aliphatic carbocycles. The number of ether oxygens (including phenoxy) is 1. The van der Waals surface area contributed by atoms with Crippen LogP contribution in [0.2, 0.25) is 5.15 Å². The molecule has 0 fully saturated rings. The van der Waals surface area contributed by atoms with Crippen molar-refractivity contribution in [3.63, 3.8) is 0 Å². The van der Waals surface area contributed by atoms with Crippen LogP contribution in [0, 0.1) is 0 Å². The lowest BCUT2D eigenvalue weighted by Gasteiger charge is -2.21. The monoisotopic (exact) mass is 315 g/mol. The van der Waals surface area contributed by atoms with Gasteiger partial charge in [-0.3, -0.25) is 4.79 Å². The highest BCUT2D eigenvalue weighted by Crippen LogP contribution is 2.16. The van der Waals surface area contributed by atoms with Gasteiger partial charge in [0.05, 0.1) is 12.7 Å². The van der Waals surface area contributed by atoms with Crippen molar-refractivity contribution in [2.45, 2.75) is 19.4 Å². The van der Waals surface area contributed by atoms with Crippen LogP contribution in [0.15, 0.2) is 12.1 Å². The summed E-state index contributed by atoms with van der Waals surface area (Å²) in [6, 6.07) is 3.17. The van der Waals surface area contributed by atoms with E-state index in [0.717, 1.165) is 13.0 Å². The molecule has 1 aromatic heterocycles. The van der Waals surface area contributed by atoms with Crippen LogP contribution in [0.1, 0.15) is 23.7 Å². The summed E-state index contributed by atoms with van der Waals surface area (Å²) in [6.07, 6.45) is 0.222. The average Bonchev–Trinajstić information content (AvgIpc) is 2.43. The molecule has 0 spiro atoms. The van der Waals surface area contributed by atoms with Crippen LogP contribution in [-0.2, 0) is 4.74 Å².